The molecule has 38 heavy (non-hydrogen) atoms. The van der Waals surface area contributed by atoms with Gasteiger partial charge in [-0.1, -0.05) is 97.3 Å². The van der Waals surface area contributed by atoms with E-state index in [-0.39, 0.29) is 21.1 Å². The van der Waals surface area contributed by atoms with Crippen molar-refractivity contribution in [3.8, 4) is 34.4 Å². The number of hydrogen-bond donors (Lipinski definition) is 0. The van der Waals surface area contributed by atoms with Crippen molar-refractivity contribution in [1.82, 2.24) is 29.1 Å². The summed E-state index contributed by atoms with van der Waals surface area (Å²) in [6.07, 6.45) is 9.76. The number of aromatic nitrogens is 6. The molecule has 2 aromatic carbocycles. The number of rotatable bonds is 6. The van der Waals surface area contributed by atoms with Gasteiger partial charge in [0.1, 0.15) is 0 Å². The van der Waals surface area contributed by atoms with Gasteiger partial charge < -0.3 is 19.1 Å². The molecule has 0 aliphatic rings. The van der Waals surface area contributed by atoms with Crippen LogP contribution in [0.5, 0.6) is 0 Å². The van der Waals surface area contributed by atoms with Gasteiger partial charge in [-0.25, -0.2) is 0 Å². The first-order chi connectivity index (χ1) is 18.1. The standard InChI is InChI=1S/C31H24N6.Pt/c1-31(2,25-15-9-17-27(34-25)36-21-19-32-29(36)23-11-5-3-6-12-23)26-16-10-18-28(35-26)37-22-20-33-30(37)24-13-7-4-8-14-24;/h3-20H,1-2H3;/q-2;+2. The van der Waals surface area contributed by atoms with Crippen molar-refractivity contribution in [2.24, 2.45) is 0 Å². The summed E-state index contributed by atoms with van der Waals surface area (Å²) in [4.78, 5) is 19.1. The molecular weight excluding hydrogens is 651 g/mol. The maximum atomic E-state index is 5.03. The van der Waals surface area contributed by atoms with Crippen molar-refractivity contribution in [3.63, 3.8) is 0 Å². The maximum Gasteiger partial charge on any atom is 2.00 e. The van der Waals surface area contributed by atoms with E-state index in [2.05, 4.69) is 36.2 Å². The molecule has 0 radical (unpaired) electrons. The van der Waals surface area contributed by atoms with E-state index in [0.717, 1.165) is 45.8 Å². The topological polar surface area (TPSA) is 61.4 Å². The summed E-state index contributed by atoms with van der Waals surface area (Å²) in [5.74, 6) is 3.11. The number of imidazole rings is 2. The van der Waals surface area contributed by atoms with Crippen LogP contribution < -0.4 is 0 Å². The minimum atomic E-state index is -0.465. The largest absolute Gasteiger partial charge is 2.00 e. The predicted octanol–water partition coefficient (Wildman–Crippen LogP) is 6.11. The van der Waals surface area contributed by atoms with Crippen LogP contribution in [0.1, 0.15) is 25.2 Å². The Hall–Kier alpha value is -4.15. The molecule has 6 aromatic rings. The van der Waals surface area contributed by atoms with E-state index < -0.39 is 5.41 Å². The zero-order chi connectivity index (χ0) is 25.2. The van der Waals surface area contributed by atoms with E-state index >= 15 is 0 Å². The van der Waals surface area contributed by atoms with Crippen molar-refractivity contribution >= 4 is 0 Å². The maximum absolute atomic E-state index is 5.03. The van der Waals surface area contributed by atoms with E-state index in [4.69, 9.17) is 9.97 Å². The number of pyridine rings is 2. The molecule has 0 N–H and O–H groups in total. The van der Waals surface area contributed by atoms with Gasteiger partial charge in [-0.2, -0.15) is 0 Å². The van der Waals surface area contributed by atoms with Crippen LogP contribution in [0.3, 0.4) is 0 Å². The van der Waals surface area contributed by atoms with Crippen molar-refractivity contribution < 1.29 is 21.1 Å². The third kappa shape index (κ3) is 4.75. The average molecular weight is 676 g/mol. The first-order valence-electron chi connectivity index (χ1n) is 12.1. The Morgan fingerprint density at radius 2 is 0.974 bits per heavy atom. The molecule has 188 valence electrons. The van der Waals surface area contributed by atoms with Crippen LogP contribution in [0.25, 0.3) is 34.4 Å². The molecule has 0 saturated heterocycles. The van der Waals surface area contributed by atoms with Crippen molar-refractivity contribution in [2.75, 3.05) is 0 Å². The zero-order valence-electron chi connectivity index (χ0n) is 20.9. The Morgan fingerprint density at radius 3 is 1.39 bits per heavy atom. The van der Waals surface area contributed by atoms with E-state index in [0.29, 0.717) is 0 Å². The molecule has 0 amide bonds. The molecule has 0 spiro atoms. The fourth-order valence-electron chi connectivity index (χ4n) is 4.39. The SMILES string of the molecule is CC(C)(c1cccc(-n2[c-]cnc2-c2ccccc2)n1)c1cccc(-n2[c-]cnc2-c2ccccc2)n1.[Pt+2]. The van der Waals surface area contributed by atoms with E-state index in [9.17, 15) is 0 Å². The normalized spacial score (nSPS) is 11.2. The number of benzene rings is 2. The minimum Gasteiger partial charge on any atom is -0.447 e. The van der Waals surface area contributed by atoms with Crippen LogP contribution in [0.15, 0.2) is 109 Å². The molecule has 6 rings (SSSR count). The molecule has 0 saturated carbocycles. The van der Waals surface area contributed by atoms with Crippen LogP contribution in [-0.2, 0) is 26.5 Å². The van der Waals surface area contributed by atoms with Gasteiger partial charge in [0.25, 0.3) is 0 Å². The fourth-order valence-corrected chi connectivity index (χ4v) is 4.39. The summed E-state index contributed by atoms with van der Waals surface area (Å²) in [7, 11) is 0. The van der Waals surface area contributed by atoms with Gasteiger partial charge in [-0.15, -0.1) is 0 Å². The van der Waals surface area contributed by atoms with Gasteiger partial charge in [-0.3, -0.25) is 9.97 Å². The van der Waals surface area contributed by atoms with Crippen LogP contribution in [0, 0.1) is 12.4 Å². The summed E-state index contributed by atoms with van der Waals surface area (Å²) in [6.45, 7) is 4.27. The Balaban J connectivity index is 0.00000294. The first-order valence-corrected chi connectivity index (χ1v) is 12.1. The predicted molar refractivity (Wildman–Crippen MR) is 143 cm³/mol. The Morgan fingerprint density at radius 1 is 0.553 bits per heavy atom. The first kappa shape index (κ1) is 25.5. The molecule has 7 heteroatoms. The van der Waals surface area contributed by atoms with E-state index in [1.165, 1.54) is 0 Å². The summed E-state index contributed by atoms with van der Waals surface area (Å²) in [5.41, 5.74) is 3.35. The third-order valence-electron chi connectivity index (χ3n) is 6.44. The number of hydrogen-bond acceptors (Lipinski definition) is 4. The summed E-state index contributed by atoms with van der Waals surface area (Å²) >= 11 is 0. The Labute approximate surface area is 236 Å². The molecule has 0 aliphatic heterocycles. The average Bonchev–Trinajstić information content (AvgIpc) is 3.65. The van der Waals surface area contributed by atoms with Gasteiger partial charge in [0.05, 0.1) is 0 Å². The second-order valence-corrected chi connectivity index (χ2v) is 9.21. The molecule has 0 unspecified atom stereocenters. The summed E-state index contributed by atoms with van der Waals surface area (Å²) in [6, 6.07) is 32.2. The van der Waals surface area contributed by atoms with Crippen LogP contribution in [0.4, 0.5) is 0 Å². The molecule has 6 nitrogen and oxygen atoms in total. The Bertz CT molecular complexity index is 1530. The van der Waals surface area contributed by atoms with E-state index in [1.54, 1.807) is 12.4 Å². The van der Waals surface area contributed by atoms with Crippen LogP contribution in [0.2, 0.25) is 0 Å². The molecule has 0 fully saturated rings. The smallest absolute Gasteiger partial charge is 0.447 e. The van der Waals surface area contributed by atoms with Gasteiger partial charge in [0.15, 0.2) is 0 Å². The van der Waals surface area contributed by atoms with Gasteiger partial charge in [-0.05, 0) is 49.5 Å². The zero-order valence-corrected chi connectivity index (χ0v) is 23.2. The van der Waals surface area contributed by atoms with Crippen LogP contribution >= 0.6 is 0 Å². The Kier molecular flexibility index (Phi) is 7.17. The third-order valence-corrected chi connectivity index (χ3v) is 6.44. The van der Waals surface area contributed by atoms with E-state index in [1.807, 2.05) is 106 Å². The van der Waals surface area contributed by atoms with Crippen molar-refractivity contribution in [2.45, 2.75) is 19.3 Å². The summed E-state index contributed by atoms with van der Waals surface area (Å²) < 4.78 is 3.79. The minimum absolute atomic E-state index is 0. The second-order valence-electron chi connectivity index (χ2n) is 9.21. The number of nitrogens with zero attached hydrogens (tertiary/aromatic N) is 6. The molecule has 0 atom stereocenters. The molecule has 4 heterocycles. The monoisotopic (exact) mass is 675 g/mol. The summed E-state index contributed by atoms with van der Waals surface area (Å²) in [5, 5.41) is 0. The second kappa shape index (κ2) is 10.7. The van der Waals surface area contributed by atoms with Gasteiger partial charge >= 0.3 is 21.1 Å². The van der Waals surface area contributed by atoms with Gasteiger partial charge in [0.2, 0.25) is 0 Å². The molecule has 4 aromatic heterocycles. The molecule has 0 aliphatic carbocycles. The van der Waals surface area contributed by atoms with Crippen LogP contribution in [-0.4, -0.2) is 29.1 Å². The fraction of sp³-hybridized carbons (Fsp3) is 0.0968. The van der Waals surface area contributed by atoms with Gasteiger partial charge in [0, 0.05) is 40.1 Å². The van der Waals surface area contributed by atoms with Crippen molar-refractivity contribution in [1.29, 1.82) is 0 Å². The molecular formula is C31H24N6Pt. The molecule has 0 bridgehead atoms. The van der Waals surface area contributed by atoms with Crippen molar-refractivity contribution in [3.05, 3.63) is 133 Å². The quantitative estimate of drug-likeness (QED) is 0.200.